The number of hydrogen-bond acceptors (Lipinski definition) is 7. The molecule has 0 atom stereocenters. The zero-order valence-corrected chi connectivity index (χ0v) is 16.7. The summed E-state index contributed by atoms with van der Waals surface area (Å²) in [4.78, 5) is 28.9. The number of ketones is 1. The molecular weight excluding hydrogens is 444 g/mol. The highest BCUT2D eigenvalue weighted by Crippen LogP contribution is 2.23. The number of carbonyl (C=O) groups is 1. The maximum absolute atomic E-state index is 12.4. The SMILES string of the molecule is Nc1c(/C=C2\C=C(Br)C=CC2=O)c(=O)nc2sc(COc3ccccc3)nn12. The summed E-state index contributed by atoms with van der Waals surface area (Å²) < 4.78 is 7.80. The van der Waals surface area contributed by atoms with E-state index in [4.69, 9.17) is 10.5 Å². The zero-order valence-electron chi connectivity index (χ0n) is 14.3. The van der Waals surface area contributed by atoms with Crippen molar-refractivity contribution in [3.8, 4) is 5.75 Å². The Morgan fingerprint density at radius 3 is 2.79 bits per heavy atom. The van der Waals surface area contributed by atoms with Gasteiger partial charge in [-0.05, 0) is 36.4 Å². The molecule has 0 unspecified atom stereocenters. The molecule has 0 bridgehead atoms. The summed E-state index contributed by atoms with van der Waals surface area (Å²) >= 11 is 4.53. The highest BCUT2D eigenvalue weighted by atomic mass is 79.9. The molecule has 2 aromatic heterocycles. The second kappa shape index (κ2) is 7.53. The van der Waals surface area contributed by atoms with E-state index in [1.54, 1.807) is 12.2 Å². The van der Waals surface area contributed by atoms with Crippen molar-refractivity contribution in [1.82, 2.24) is 14.6 Å². The van der Waals surface area contributed by atoms with Crippen LogP contribution in [0.25, 0.3) is 11.0 Å². The summed E-state index contributed by atoms with van der Waals surface area (Å²) in [5.74, 6) is 0.614. The molecule has 9 heteroatoms. The lowest BCUT2D eigenvalue weighted by molar-refractivity contribution is -0.111. The van der Waals surface area contributed by atoms with Gasteiger partial charge < -0.3 is 10.5 Å². The maximum atomic E-state index is 12.4. The highest BCUT2D eigenvalue weighted by molar-refractivity contribution is 9.11. The lowest BCUT2D eigenvalue weighted by Gasteiger charge is -2.06. The molecule has 0 radical (unpaired) electrons. The Labute approximate surface area is 171 Å². The van der Waals surface area contributed by atoms with E-state index in [2.05, 4.69) is 26.0 Å². The van der Waals surface area contributed by atoms with Crippen LogP contribution in [0.4, 0.5) is 5.82 Å². The first-order valence-electron chi connectivity index (χ1n) is 8.18. The van der Waals surface area contributed by atoms with Gasteiger partial charge in [0, 0.05) is 10.1 Å². The fourth-order valence-corrected chi connectivity index (χ4v) is 3.75. The smallest absolute Gasteiger partial charge is 0.283 e. The minimum absolute atomic E-state index is 0.119. The predicted molar refractivity (Wildman–Crippen MR) is 111 cm³/mol. The van der Waals surface area contributed by atoms with Crippen molar-refractivity contribution in [1.29, 1.82) is 0 Å². The largest absolute Gasteiger partial charge is 0.486 e. The Balaban J connectivity index is 1.69. The number of nitrogens with two attached hydrogens (primary N) is 1. The number of allylic oxidation sites excluding steroid dienone is 5. The highest BCUT2D eigenvalue weighted by Gasteiger charge is 2.16. The number of halogens is 1. The molecule has 0 spiro atoms. The number of hydrogen-bond donors (Lipinski definition) is 1. The molecule has 2 N–H and O–H groups in total. The van der Waals surface area contributed by atoms with Crippen LogP contribution >= 0.6 is 27.3 Å². The van der Waals surface area contributed by atoms with Crippen LogP contribution < -0.4 is 16.0 Å². The van der Waals surface area contributed by atoms with Crippen molar-refractivity contribution in [2.24, 2.45) is 0 Å². The molecule has 1 aliphatic carbocycles. The van der Waals surface area contributed by atoms with Gasteiger partial charge >= 0.3 is 0 Å². The molecule has 1 aromatic carbocycles. The number of ether oxygens (including phenoxy) is 1. The third-order valence-electron chi connectivity index (χ3n) is 3.91. The summed E-state index contributed by atoms with van der Waals surface area (Å²) in [6.07, 6.45) is 6.11. The van der Waals surface area contributed by atoms with Crippen LogP contribution in [0.5, 0.6) is 5.75 Å². The molecule has 0 aliphatic heterocycles. The number of carbonyl (C=O) groups excluding carboxylic acids is 1. The van der Waals surface area contributed by atoms with Crippen molar-refractivity contribution in [2.75, 3.05) is 5.73 Å². The van der Waals surface area contributed by atoms with Gasteiger partial charge in [-0.3, -0.25) is 9.59 Å². The van der Waals surface area contributed by atoms with E-state index in [0.29, 0.717) is 21.3 Å². The first-order chi connectivity index (χ1) is 13.5. The van der Waals surface area contributed by atoms with Crippen molar-refractivity contribution in [3.63, 3.8) is 0 Å². The van der Waals surface area contributed by atoms with E-state index in [1.807, 2.05) is 30.3 Å². The third-order valence-corrected chi connectivity index (χ3v) is 5.29. The van der Waals surface area contributed by atoms with Crippen LogP contribution in [0.2, 0.25) is 0 Å². The Kier molecular flexibility index (Phi) is 4.93. The monoisotopic (exact) mass is 456 g/mol. The van der Waals surface area contributed by atoms with Crippen molar-refractivity contribution in [2.45, 2.75) is 6.61 Å². The molecule has 0 amide bonds. The van der Waals surface area contributed by atoms with Gasteiger partial charge in [0.15, 0.2) is 10.8 Å². The second-order valence-corrected chi connectivity index (χ2v) is 7.79. The van der Waals surface area contributed by atoms with Crippen molar-refractivity contribution in [3.05, 3.63) is 79.5 Å². The van der Waals surface area contributed by atoms with Gasteiger partial charge in [0.1, 0.15) is 18.2 Å². The average Bonchev–Trinajstić information content (AvgIpc) is 3.10. The van der Waals surface area contributed by atoms with Gasteiger partial charge in [-0.1, -0.05) is 45.5 Å². The van der Waals surface area contributed by atoms with E-state index < -0.39 is 5.56 Å². The van der Waals surface area contributed by atoms with Crippen LogP contribution in [0.3, 0.4) is 0 Å². The standard InChI is InChI=1S/C19H13BrN4O3S/c20-12-6-7-15(25)11(8-12)9-14-17(21)24-19(22-18(14)26)28-16(23-24)10-27-13-4-2-1-3-5-13/h1-9H,10,21H2/b11-9+. The fraction of sp³-hybridized carbons (Fsp3) is 0.0526. The number of para-hydroxylation sites is 1. The molecule has 28 heavy (non-hydrogen) atoms. The number of anilines is 1. The molecule has 0 saturated carbocycles. The Hall–Kier alpha value is -3.04. The van der Waals surface area contributed by atoms with Gasteiger partial charge in [0.05, 0.1) is 5.56 Å². The average molecular weight is 457 g/mol. The van der Waals surface area contributed by atoms with Crippen LogP contribution in [-0.2, 0) is 11.4 Å². The number of rotatable bonds is 4. The summed E-state index contributed by atoms with van der Waals surface area (Å²) in [5.41, 5.74) is 6.10. The third kappa shape index (κ3) is 3.67. The van der Waals surface area contributed by atoms with Gasteiger partial charge in [-0.25, -0.2) is 0 Å². The minimum atomic E-state index is -0.518. The quantitative estimate of drug-likeness (QED) is 0.605. The molecule has 140 valence electrons. The van der Waals surface area contributed by atoms with Gasteiger partial charge in [0.25, 0.3) is 5.56 Å². The number of nitrogen functional groups attached to an aromatic ring is 1. The van der Waals surface area contributed by atoms with Gasteiger partial charge in [0.2, 0.25) is 4.96 Å². The molecule has 3 aromatic rings. The molecule has 0 fully saturated rings. The minimum Gasteiger partial charge on any atom is -0.486 e. The van der Waals surface area contributed by atoms with Crippen molar-refractivity contribution < 1.29 is 9.53 Å². The topological polar surface area (TPSA) is 99.6 Å². The molecule has 7 nitrogen and oxygen atoms in total. The molecular formula is C19H13BrN4O3S. The van der Waals surface area contributed by atoms with Gasteiger partial charge in [-0.15, -0.1) is 0 Å². The lowest BCUT2D eigenvalue weighted by atomic mass is 10.0. The first-order valence-corrected chi connectivity index (χ1v) is 9.79. The normalized spacial score (nSPS) is 15.2. The molecule has 1 aliphatic rings. The van der Waals surface area contributed by atoms with Crippen LogP contribution in [-0.4, -0.2) is 20.4 Å². The maximum Gasteiger partial charge on any atom is 0.283 e. The van der Waals surface area contributed by atoms with E-state index in [1.165, 1.54) is 28.0 Å². The fourth-order valence-electron chi connectivity index (χ4n) is 2.56. The number of benzene rings is 1. The van der Waals surface area contributed by atoms with Crippen molar-refractivity contribution >= 4 is 49.9 Å². The van der Waals surface area contributed by atoms with E-state index >= 15 is 0 Å². The summed E-state index contributed by atoms with van der Waals surface area (Å²) in [6, 6.07) is 9.33. The number of fused-ring (bicyclic) bond motifs is 1. The molecule has 0 saturated heterocycles. The van der Waals surface area contributed by atoms with Crippen LogP contribution in [0.1, 0.15) is 10.6 Å². The lowest BCUT2D eigenvalue weighted by Crippen LogP contribution is -2.17. The number of aromatic nitrogens is 3. The Bertz CT molecular complexity index is 1230. The summed E-state index contributed by atoms with van der Waals surface area (Å²) in [7, 11) is 0. The van der Waals surface area contributed by atoms with E-state index in [9.17, 15) is 9.59 Å². The van der Waals surface area contributed by atoms with E-state index in [-0.39, 0.29) is 23.8 Å². The zero-order chi connectivity index (χ0) is 19.7. The predicted octanol–water partition coefficient (Wildman–Crippen LogP) is 3.11. The first kappa shape index (κ1) is 18.3. The Morgan fingerprint density at radius 2 is 2.00 bits per heavy atom. The van der Waals surface area contributed by atoms with Gasteiger partial charge in [-0.2, -0.15) is 14.6 Å². The van der Waals surface area contributed by atoms with Crippen LogP contribution in [0, 0.1) is 0 Å². The second-order valence-electron chi connectivity index (χ2n) is 5.83. The molecule has 2 heterocycles. The summed E-state index contributed by atoms with van der Waals surface area (Å²) in [5, 5.41) is 5.00. The summed E-state index contributed by atoms with van der Waals surface area (Å²) in [6.45, 7) is 0.223. The number of nitrogens with zero attached hydrogens (tertiary/aromatic N) is 3. The Morgan fingerprint density at radius 1 is 1.21 bits per heavy atom. The van der Waals surface area contributed by atoms with Crippen LogP contribution in [0.15, 0.2) is 63.4 Å². The molecule has 4 rings (SSSR count). The van der Waals surface area contributed by atoms with E-state index in [0.717, 1.165) is 4.48 Å².